The number of fused-ring (bicyclic) bond motifs is 1. The van der Waals surface area contributed by atoms with Gasteiger partial charge in [-0.1, -0.05) is 6.07 Å². The average Bonchev–Trinajstić information content (AvgIpc) is 3.15. The Bertz CT molecular complexity index is 696. The maximum atomic E-state index is 5.98. The van der Waals surface area contributed by atoms with Crippen molar-refractivity contribution in [3.05, 3.63) is 45.4 Å². The number of guanidine groups is 1. The van der Waals surface area contributed by atoms with E-state index in [1.807, 2.05) is 6.92 Å². The van der Waals surface area contributed by atoms with E-state index in [-0.39, 0.29) is 24.0 Å². The van der Waals surface area contributed by atoms with E-state index < -0.39 is 0 Å². The zero-order valence-electron chi connectivity index (χ0n) is 14.0. The number of anilines is 1. The van der Waals surface area contributed by atoms with Crippen LogP contribution in [0.4, 0.5) is 5.69 Å². The van der Waals surface area contributed by atoms with Crippen LogP contribution in [0.3, 0.4) is 0 Å². The molecule has 3 rings (SSSR count). The summed E-state index contributed by atoms with van der Waals surface area (Å²) < 4.78 is 0. The van der Waals surface area contributed by atoms with Gasteiger partial charge in [0.2, 0.25) is 0 Å². The van der Waals surface area contributed by atoms with Crippen LogP contribution in [0.25, 0.3) is 0 Å². The molecule has 0 saturated carbocycles. The lowest BCUT2D eigenvalue weighted by molar-refractivity contribution is 0.741. The predicted octanol–water partition coefficient (Wildman–Crippen LogP) is 4.31. The Morgan fingerprint density at radius 1 is 1.29 bits per heavy atom. The van der Waals surface area contributed by atoms with E-state index >= 15 is 0 Å². The number of rotatable bonds is 6. The minimum atomic E-state index is 0. The number of hydrogen-bond donors (Lipinski definition) is 2. The largest absolute Gasteiger partial charge is 0.370 e. The van der Waals surface area contributed by atoms with Crippen molar-refractivity contribution in [2.45, 2.75) is 45.4 Å². The van der Waals surface area contributed by atoms with Gasteiger partial charge in [-0.05, 0) is 68.7 Å². The summed E-state index contributed by atoms with van der Waals surface area (Å²) in [5.74, 6) is 0.507. The summed E-state index contributed by atoms with van der Waals surface area (Å²) in [7, 11) is 0. The van der Waals surface area contributed by atoms with Crippen LogP contribution in [-0.2, 0) is 19.3 Å². The van der Waals surface area contributed by atoms with Crippen LogP contribution in [0.1, 0.15) is 41.1 Å². The van der Waals surface area contributed by atoms with Crippen molar-refractivity contribution >= 4 is 47.0 Å². The fraction of sp³-hybridized carbons (Fsp3) is 0.444. The fourth-order valence-electron chi connectivity index (χ4n) is 2.94. The number of aryl methyl sites for hydroxylation is 4. The maximum absolute atomic E-state index is 5.98. The Morgan fingerprint density at radius 3 is 2.92 bits per heavy atom. The highest BCUT2D eigenvalue weighted by Gasteiger charge is 2.10. The molecular weight excluding hydrogens is 431 g/mol. The lowest BCUT2D eigenvalue weighted by Gasteiger charge is -2.08. The molecule has 130 valence electrons. The molecule has 0 fully saturated rings. The van der Waals surface area contributed by atoms with Crippen molar-refractivity contribution in [2.75, 3.05) is 11.9 Å². The van der Waals surface area contributed by atoms with Gasteiger partial charge in [-0.2, -0.15) is 0 Å². The fourth-order valence-corrected chi connectivity index (χ4v) is 3.76. The average molecular weight is 456 g/mol. The molecule has 1 heterocycles. The van der Waals surface area contributed by atoms with E-state index in [1.165, 1.54) is 35.4 Å². The molecule has 0 aliphatic heterocycles. The van der Waals surface area contributed by atoms with Crippen LogP contribution in [-0.4, -0.2) is 17.5 Å². The van der Waals surface area contributed by atoms with Gasteiger partial charge in [0.15, 0.2) is 5.96 Å². The van der Waals surface area contributed by atoms with Crippen molar-refractivity contribution in [2.24, 2.45) is 10.7 Å². The van der Waals surface area contributed by atoms with Gasteiger partial charge < -0.3 is 11.1 Å². The predicted molar refractivity (Wildman–Crippen MR) is 114 cm³/mol. The van der Waals surface area contributed by atoms with Crippen molar-refractivity contribution < 1.29 is 0 Å². The molecule has 0 spiro atoms. The topological polar surface area (TPSA) is 63.3 Å². The summed E-state index contributed by atoms with van der Waals surface area (Å²) in [6, 6.07) is 6.50. The van der Waals surface area contributed by atoms with E-state index in [1.54, 1.807) is 11.3 Å². The van der Waals surface area contributed by atoms with Gasteiger partial charge >= 0.3 is 0 Å². The molecule has 3 N–H and O–H groups in total. The van der Waals surface area contributed by atoms with Gasteiger partial charge in [-0.25, -0.2) is 4.98 Å². The van der Waals surface area contributed by atoms with Gasteiger partial charge in [-0.15, -0.1) is 35.3 Å². The molecule has 1 aromatic carbocycles. The van der Waals surface area contributed by atoms with E-state index in [2.05, 4.69) is 38.9 Å². The summed E-state index contributed by atoms with van der Waals surface area (Å²) in [5.41, 5.74) is 11.1. The minimum Gasteiger partial charge on any atom is -0.370 e. The first kappa shape index (κ1) is 19.2. The summed E-state index contributed by atoms with van der Waals surface area (Å²) >= 11 is 1.74. The van der Waals surface area contributed by atoms with Crippen molar-refractivity contribution in [3.63, 3.8) is 0 Å². The van der Waals surface area contributed by atoms with Crippen molar-refractivity contribution in [1.82, 2.24) is 4.98 Å². The molecule has 1 aromatic heterocycles. The highest BCUT2D eigenvalue weighted by Crippen LogP contribution is 2.24. The zero-order valence-corrected chi connectivity index (χ0v) is 17.2. The Hall–Kier alpha value is -1.15. The molecule has 6 heteroatoms. The van der Waals surface area contributed by atoms with E-state index in [4.69, 9.17) is 5.73 Å². The summed E-state index contributed by atoms with van der Waals surface area (Å²) in [6.45, 7) is 2.80. The van der Waals surface area contributed by atoms with Crippen molar-refractivity contribution in [3.8, 4) is 0 Å². The maximum Gasteiger partial charge on any atom is 0.193 e. The Balaban J connectivity index is 0.00000208. The molecule has 0 unspecified atom stereocenters. The lowest BCUT2D eigenvalue weighted by atomic mass is 10.1. The molecule has 0 atom stereocenters. The number of nitrogens with one attached hydrogen (secondary N) is 1. The highest BCUT2D eigenvalue weighted by molar-refractivity contribution is 14.0. The molecule has 0 amide bonds. The van der Waals surface area contributed by atoms with Crippen LogP contribution in [0.2, 0.25) is 0 Å². The molecular formula is C18H25IN4S. The quantitative estimate of drug-likeness (QED) is 0.295. The summed E-state index contributed by atoms with van der Waals surface area (Å²) in [4.78, 5) is 8.89. The third kappa shape index (κ3) is 5.44. The number of aromatic nitrogens is 1. The normalized spacial score (nSPS) is 13.5. The van der Waals surface area contributed by atoms with Gasteiger partial charge in [-0.3, -0.25) is 4.99 Å². The van der Waals surface area contributed by atoms with Crippen molar-refractivity contribution in [1.29, 1.82) is 0 Å². The van der Waals surface area contributed by atoms with Crippen LogP contribution in [0.5, 0.6) is 0 Å². The van der Waals surface area contributed by atoms with Gasteiger partial charge in [0.05, 0.1) is 5.01 Å². The number of thiazole rings is 1. The van der Waals surface area contributed by atoms with Crippen LogP contribution < -0.4 is 11.1 Å². The van der Waals surface area contributed by atoms with Crippen LogP contribution in [0, 0.1) is 6.92 Å². The number of nitrogens with zero attached hydrogens (tertiary/aromatic N) is 2. The van der Waals surface area contributed by atoms with E-state index in [0.29, 0.717) is 5.96 Å². The standard InChI is InChI=1S/C18H24N4S.HI/c1-13-12-23-17(21-13)7-2-3-10-20-18(19)22-16-9-8-14-5-4-6-15(14)11-16;/h8-9,11-12H,2-7,10H2,1H3,(H3,19,20,22);1H. The lowest BCUT2D eigenvalue weighted by Crippen LogP contribution is -2.23. The summed E-state index contributed by atoms with van der Waals surface area (Å²) in [5, 5.41) is 6.52. The first-order valence-corrected chi connectivity index (χ1v) is 9.18. The third-order valence-corrected chi connectivity index (χ3v) is 5.14. The molecule has 0 saturated heterocycles. The Labute approximate surface area is 165 Å². The first-order chi connectivity index (χ1) is 11.2. The number of aliphatic imine (C=N–C) groups is 1. The van der Waals surface area contributed by atoms with Gasteiger partial charge in [0.25, 0.3) is 0 Å². The smallest absolute Gasteiger partial charge is 0.193 e. The molecule has 24 heavy (non-hydrogen) atoms. The Morgan fingerprint density at radius 2 is 2.12 bits per heavy atom. The molecule has 1 aliphatic carbocycles. The second-order valence-corrected chi connectivity index (χ2v) is 7.01. The third-order valence-electron chi connectivity index (χ3n) is 4.12. The molecule has 2 aromatic rings. The number of hydrogen-bond acceptors (Lipinski definition) is 3. The monoisotopic (exact) mass is 456 g/mol. The molecule has 1 aliphatic rings. The second kappa shape index (κ2) is 9.36. The molecule has 4 nitrogen and oxygen atoms in total. The van der Waals surface area contributed by atoms with Crippen LogP contribution in [0.15, 0.2) is 28.6 Å². The van der Waals surface area contributed by atoms with E-state index in [9.17, 15) is 0 Å². The number of nitrogens with two attached hydrogens (primary N) is 1. The molecule has 0 bridgehead atoms. The first-order valence-electron chi connectivity index (χ1n) is 8.30. The summed E-state index contributed by atoms with van der Waals surface area (Å²) in [6.07, 6.45) is 6.82. The number of unbranched alkanes of at least 4 members (excludes halogenated alkanes) is 1. The van der Waals surface area contributed by atoms with Crippen LogP contribution >= 0.6 is 35.3 Å². The van der Waals surface area contributed by atoms with E-state index in [0.717, 1.165) is 37.2 Å². The second-order valence-electron chi connectivity index (χ2n) is 6.07. The number of benzene rings is 1. The highest BCUT2D eigenvalue weighted by atomic mass is 127. The zero-order chi connectivity index (χ0) is 16.1. The Kier molecular flexibility index (Phi) is 7.48. The molecule has 0 radical (unpaired) electrons. The number of halogens is 1. The van der Waals surface area contributed by atoms with Gasteiger partial charge in [0.1, 0.15) is 0 Å². The SMILES string of the molecule is Cc1csc(CCCCN=C(N)Nc2ccc3c(c2)CCC3)n1.I. The minimum absolute atomic E-state index is 0. The van der Waals surface area contributed by atoms with Gasteiger partial charge in [0, 0.05) is 23.3 Å².